The molecule has 0 aromatic heterocycles. The first kappa shape index (κ1) is 14.2. The van der Waals surface area contributed by atoms with Gasteiger partial charge in [-0.3, -0.25) is 14.8 Å². The molecule has 0 aliphatic carbocycles. The lowest BCUT2D eigenvalue weighted by molar-refractivity contribution is -0.384. The summed E-state index contributed by atoms with van der Waals surface area (Å²) in [4.78, 5) is 10.1. The Labute approximate surface area is 105 Å². The average Bonchev–Trinajstić information content (AvgIpc) is 2.25. The maximum Gasteiger partial charge on any atom is 0.273 e. The topological polar surface area (TPSA) is 98.5 Å². The molecule has 0 atom stereocenters. The standard InChI is InChI=1S/C10H14N2O5S/c1-3-6-17-10-7-8(12(13)14)4-5-9(10)11-18(2,15)16/h4-5,7,11H,3,6H2,1-2H3. The molecule has 8 heteroatoms. The summed E-state index contributed by atoms with van der Waals surface area (Å²) in [6, 6.07) is 3.72. The van der Waals surface area contributed by atoms with E-state index in [9.17, 15) is 18.5 Å². The first-order valence-corrected chi connectivity index (χ1v) is 7.11. The molecular formula is C10H14N2O5S. The van der Waals surface area contributed by atoms with E-state index in [1.165, 1.54) is 18.2 Å². The molecule has 0 radical (unpaired) electrons. The Bertz CT molecular complexity index is 541. The van der Waals surface area contributed by atoms with Crippen LogP contribution < -0.4 is 9.46 Å². The van der Waals surface area contributed by atoms with Gasteiger partial charge in [0.05, 0.1) is 29.5 Å². The number of rotatable bonds is 6. The maximum atomic E-state index is 11.1. The molecule has 1 N–H and O–H groups in total. The van der Waals surface area contributed by atoms with Crippen LogP contribution >= 0.6 is 0 Å². The molecule has 0 saturated heterocycles. The molecule has 1 rings (SSSR count). The van der Waals surface area contributed by atoms with Crippen LogP contribution in [0.3, 0.4) is 0 Å². The quantitative estimate of drug-likeness (QED) is 0.629. The minimum absolute atomic E-state index is 0.150. The number of nitrogens with zero attached hydrogens (tertiary/aromatic N) is 1. The van der Waals surface area contributed by atoms with Gasteiger partial charge in [-0.1, -0.05) is 6.92 Å². The van der Waals surface area contributed by atoms with Crippen molar-refractivity contribution in [2.45, 2.75) is 13.3 Å². The van der Waals surface area contributed by atoms with E-state index in [4.69, 9.17) is 4.74 Å². The zero-order chi connectivity index (χ0) is 13.8. The van der Waals surface area contributed by atoms with Gasteiger partial charge in [-0.05, 0) is 12.5 Å². The summed E-state index contributed by atoms with van der Waals surface area (Å²) >= 11 is 0. The number of anilines is 1. The van der Waals surface area contributed by atoms with Crippen molar-refractivity contribution < 1.29 is 18.1 Å². The second-order valence-corrected chi connectivity index (χ2v) is 5.41. The van der Waals surface area contributed by atoms with Gasteiger partial charge in [-0.15, -0.1) is 0 Å². The van der Waals surface area contributed by atoms with Gasteiger partial charge in [0.15, 0.2) is 0 Å². The zero-order valence-corrected chi connectivity index (χ0v) is 10.9. The molecule has 0 heterocycles. The molecule has 0 aliphatic heterocycles. The largest absolute Gasteiger partial charge is 0.491 e. The van der Waals surface area contributed by atoms with Crippen molar-refractivity contribution in [3.8, 4) is 5.75 Å². The SMILES string of the molecule is CCCOc1cc([N+](=O)[O-])ccc1NS(C)(=O)=O. The summed E-state index contributed by atoms with van der Waals surface area (Å²) in [6.07, 6.45) is 1.71. The Morgan fingerprint density at radius 2 is 2.11 bits per heavy atom. The summed E-state index contributed by atoms with van der Waals surface area (Å²) in [5.74, 6) is 0.150. The highest BCUT2D eigenvalue weighted by Crippen LogP contribution is 2.30. The monoisotopic (exact) mass is 274 g/mol. The van der Waals surface area contributed by atoms with Crippen LogP contribution in [0.1, 0.15) is 13.3 Å². The number of nitro groups is 1. The van der Waals surface area contributed by atoms with E-state index in [0.717, 1.165) is 6.26 Å². The molecule has 0 amide bonds. The highest BCUT2D eigenvalue weighted by Gasteiger charge is 2.14. The van der Waals surface area contributed by atoms with E-state index < -0.39 is 14.9 Å². The van der Waals surface area contributed by atoms with Crippen LogP contribution in [0.4, 0.5) is 11.4 Å². The molecule has 0 saturated carbocycles. The van der Waals surface area contributed by atoms with Crippen molar-refractivity contribution in [2.24, 2.45) is 0 Å². The average molecular weight is 274 g/mol. The van der Waals surface area contributed by atoms with Gasteiger partial charge in [-0.2, -0.15) is 0 Å². The number of hydrogen-bond acceptors (Lipinski definition) is 5. The first-order valence-electron chi connectivity index (χ1n) is 5.22. The predicted molar refractivity (Wildman–Crippen MR) is 67.3 cm³/mol. The van der Waals surface area contributed by atoms with E-state index in [-0.39, 0.29) is 17.1 Å². The van der Waals surface area contributed by atoms with Crippen molar-refractivity contribution >= 4 is 21.4 Å². The van der Waals surface area contributed by atoms with Crippen LogP contribution in [-0.2, 0) is 10.0 Å². The lowest BCUT2D eigenvalue weighted by Crippen LogP contribution is -2.11. The summed E-state index contributed by atoms with van der Waals surface area (Å²) < 4.78 is 29.8. The molecule has 0 spiro atoms. The molecule has 18 heavy (non-hydrogen) atoms. The van der Waals surface area contributed by atoms with E-state index in [1.807, 2.05) is 6.92 Å². The van der Waals surface area contributed by atoms with E-state index in [2.05, 4.69) is 4.72 Å². The van der Waals surface area contributed by atoms with Gasteiger partial charge in [0, 0.05) is 6.07 Å². The molecule has 1 aromatic carbocycles. The third-order valence-corrected chi connectivity index (χ3v) is 2.52. The van der Waals surface area contributed by atoms with Gasteiger partial charge in [0.25, 0.3) is 5.69 Å². The molecule has 0 unspecified atom stereocenters. The number of non-ortho nitro benzene ring substituents is 1. The molecule has 0 fully saturated rings. The highest BCUT2D eigenvalue weighted by molar-refractivity contribution is 7.92. The van der Waals surface area contributed by atoms with Crippen molar-refractivity contribution in [2.75, 3.05) is 17.6 Å². The summed E-state index contributed by atoms with van der Waals surface area (Å²) in [7, 11) is -3.46. The Kier molecular flexibility index (Phi) is 4.49. The fraction of sp³-hybridized carbons (Fsp3) is 0.400. The van der Waals surface area contributed by atoms with Gasteiger partial charge in [-0.25, -0.2) is 8.42 Å². The summed E-state index contributed by atoms with van der Waals surface area (Å²) in [6.45, 7) is 2.22. The number of hydrogen-bond donors (Lipinski definition) is 1. The summed E-state index contributed by atoms with van der Waals surface area (Å²) in [5, 5.41) is 10.6. The number of benzene rings is 1. The van der Waals surface area contributed by atoms with Crippen molar-refractivity contribution in [1.29, 1.82) is 0 Å². The van der Waals surface area contributed by atoms with Gasteiger partial charge in [0.2, 0.25) is 10.0 Å². The Balaban J connectivity index is 3.11. The number of ether oxygens (including phenoxy) is 1. The van der Waals surface area contributed by atoms with Crippen LogP contribution in [0.5, 0.6) is 5.75 Å². The Morgan fingerprint density at radius 1 is 1.44 bits per heavy atom. The summed E-state index contributed by atoms with van der Waals surface area (Å²) in [5.41, 5.74) is 0.0386. The smallest absolute Gasteiger partial charge is 0.273 e. The Morgan fingerprint density at radius 3 is 2.61 bits per heavy atom. The van der Waals surface area contributed by atoms with Crippen molar-refractivity contribution in [3.05, 3.63) is 28.3 Å². The van der Waals surface area contributed by atoms with Crippen molar-refractivity contribution in [3.63, 3.8) is 0 Å². The van der Waals surface area contributed by atoms with E-state index in [1.54, 1.807) is 0 Å². The van der Waals surface area contributed by atoms with Gasteiger partial charge in [0.1, 0.15) is 5.75 Å². The zero-order valence-electron chi connectivity index (χ0n) is 10.0. The van der Waals surface area contributed by atoms with Crippen LogP contribution in [0.2, 0.25) is 0 Å². The fourth-order valence-electron chi connectivity index (χ4n) is 1.24. The van der Waals surface area contributed by atoms with E-state index >= 15 is 0 Å². The molecular weight excluding hydrogens is 260 g/mol. The first-order chi connectivity index (χ1) is 8.33. The van der Waals surface area contributed by atoms with Crippen LogP contribution in [0, 0.1) is 10.1 Å². The predicted octanol–water partition coefficient (Wildman–Crippen LogP) is 1.76. The van der Waals surface area contributed by atoms with Crippen molar-refractivity contribution in [1.82, 2.24) is 0 Å². The van der Waals surface area contributed by atoms with Crippen LogP contribution in [-0.4, -0.2) is 26.2 Å². The second kappa shape index (κ2) is 5.67. The van der Waals surface area contributed by atoms with Gasteiger partial charge >= 0.3 is 0 Å². The maximum absolute atomic E-state index is 11.1. The molecule has 100 valence electrons. The lowest BCUT2D eigenvalue weighted by Gasteiger charge is -2.11. The van der Waals surface area contributed by atoms with Crippen LogP contribution in [0.25, 0.3) is 0 Å². The fourth-order valence-corrected chi connectivity index (χ4v) is 1.81. The molecule has 7 nitrogen and oxygen atoms in total. The molecule has 1 aromatic rings. The lowest BCUT2D eigenvalue weighted by atomic mass is 10.2. The van der Waals surface area contributed by atoms with E-state index in [0.29, 0.717) is 13.0 Å². The number of nitrogens with one attached hydrogen (secondary N) is 1. The third kappa shape index (κ3) is 4.21. The van der Waals surface area contributed by atoms with Gasteiger partial charge < -0.3 is 4.74 Å². The molecule has 0 aliphatic rings. The number of nitro benzene ring substituents is 1. The molecule has 0 bridgehead atoms. The Hall–Kier alpha value is -1.83. The number of sulfonamides is 1. The minimum Gasteiger partial charge on any atom is -0.491 e. The normalized spacial score (nSPS) is 11.0. The van der Waals surface area contributed by atoms with Crippen LogP contribution in [0.15, 0.2) is 18.2 Å². The third-order valence-electron chi connectivity index (χ3n) is 1.93. The second-order valence-electron chi connectivity index (χ2n) is 3.66. The highest BCUT2D eigenvalue weighted by atomic mass is 32.2. The minimum atomic E-state index is -3.46.